The first-order valence-corrected chi connectivity index (χ1v) is 5.85. The number of carboxylic acids is 1. The van der Waals surface area contributed by atoms with Crippen LogP contribution in [0.1, 0.15) is 34.1 Å². The second-order valence-corrected chi connectivity index (χ2v) is 5.64. The lowest BCUT2D eigenvalue weighted by molar-refractivity contribution is -0.145. The van der Waals surface area contributed by atoms with Crippen LogP contribution in [0.5, 0.6) is 0 Å². The van der Waals surface area contributed by atoms with Gasteiger partial charge in [-0.2, -0.15) is 11.8 Å². The van der Waals surface area contributed by atoms with E-state index < -0.39 is 5.97 Å². The lowest BCUT2D eigenvalue weighted by Gasteiger charge is -2.26. The molecule has 1 atom stereocenters. The van der Waals surface area contributed by atoms with Gasteiger partial charge in [0.25, 0.3) is 0 Å². The van der Waals surface area contributed by atoms with Crippen LogP contribution in [-0.2, 0) is 4.79 Å². The first-order valence-electron chi connectivity index (χ1n) is 4.70. The van der Waals surface area contributed by atoms with E-state index >= 15 is 0 Å². The van der Waals surface area contributed by atoms with Crippen molar-refractivity contribution in [2.45, 2.75) is 34.1 Å². The van der Waals surface area contributed by atoms with Gasteiger partial charge in [-0.1, -0.05) is 27.7 Å². The summed E-state index contributed by atoms with van der Waals surface area (Å²) in [5.41, 5.74) is -0.125. The molecular formula is C10H20O2S. The maximum absolute atomic E-state index is 10.9. The van der Waals surface area contributed by atoms with E-state index in [1.54, 1.807) is 11.8 Å². The Hall–Kier alpha value is -0.180. The van der Waals surface area contributed by atoms with Crippen LogP contribution in [0.15, 0.2) is 0 Å². The van der Waals surface area contributed by atoms with E-state index in [1.165, 1.54) is 0 Å². The molecule has 78 valence electrons. The fourth-order valence-corrected chi connectivity index (χ4v) is 1.96. The van der Waals surface area contributed by atoms with Crippen molar-refractivity contribution < 1.29 is 9.90 Å². The third-order valence-electron chi connectivity index (χ3n) is 2.10. The summed E-state index contributed by atoms with van der Waals surface area (Å²) in [6.07, 6.45) is 0.775. The van der Waals surface area contributed by atoms with Gasteiger partial charge < -0.3 is 5.11 Å². The minimum atomic E-state index is -0.663. The van der Waals surface area contributed by atoms with Gasteiger partial charge in [0.1, 0.15) is 0 Å². The van der Waals surface area contributed by atoms with E-state index in [0.717, 1.165) is 17.9 Å². The Kier molecular flexibility index (Phi) is 5.45. The lowest BCUT2D eigenvalue weighted by Crippen LogP contribution is -2.28. The number of carboxylic acid groups (broad SMARTS) is 1. The number of hydrogen-bond acceptors (Lipinski definition) is 2. The van der Waals surface area contributed by atoms with Crippen molar-refractivity contribution in [2.24, 2.45) is 11.3 Å². The Morgan fingerprint density at radius 3 is 2.31 bits per heavy atom. The van der Waals surface area contributed by atoms with Crippen LogP contribution >= 0.6 is 11.8 Å². The molecule has 0 aromatic carbocycles. The zero-order valence-electron chi connectivity index (χ0n) is 8.96. The van der Waals surface area contributed by atoms with Crippen LogP contribution in [0.25, 0.3) is 0 Å². The first-order chi connectivity index (χ1) is 5.89. The van der Waals surface area contributed by atoms with Crippen LogP contribution in [0.3, 0.4) is 0 Å². The predicted octanol–water partition coefficient (Wildman–Crippen LogP) is 2.88. The zero-order chi connectivity index (χ0) is 10.5. The smallest absolute Gasteiger partial charge is 0.307 e. The molecule has 0 spiro atoms. The van der Waals surface area contributed by atoms with Crippen molar-refractivity contribution >= 4 is 17.7 Å². The molecule has 0 aromatic heterocycles. The Bertz CT molecular complexity index is 161. The molecule has 0 saturated heterocycles. The largest absolute Gasteiger partial charge is 0.481 e. The van der Waals surface area contributed by atoms with Crippen molar-refractivity contribution in [3.63, 3.8) is 0 Å². The summed E-state index contributed by atoms with van der Waals surface area (Å²) in [7, 11) is 0. The van der Waals surface area contributed by atoms with E-state index in [9.17, 15) is 4.79 Å². The van der Waals surface area contributed by atoms with Gasteiger partial charge in [0.2, 0.25) is 0 Å². The van der Waals surface area contributed by atoms with Gasteiger partial charge in [0.15, 0.2) is 0 Å². The van der Waals surface area contributed by atoms with E-state index in [-0.39, 0.29) is 11.3 Å². The Labute approximate surface area is 85.1 Å². The zero-order valence-corrected chi connectivity index (χ0v) is 9.78. The van der Waals surface area contributed by atoms with Gasteiger partial charge in [0, 0.05) is 0 Å². The van der Waals surface area contributed by atoms with Gasteiger partial charge in [-0.3, -0.25) is 4.79 Å². The summed E-state index contributed by atoms with van der Waals surface area (Å²) in [6.45, 7) is 8.06. The Balaban J connectivity index is 4.04. The molecule has 1 N–H and O–H groups in total. The van der Waals surface area contributed by atoms with Gasteiger partial charge in [-0.25, -0.2) is 0 Å². The van der Waals surface area contributed by atoms with Crippen molar-refractivity contribution in [2.75, 3.05) is 11.5 Å². The number of thioether (sulfide) groups is 1. The molecule has 0 aliphatic rings. The van der Waals surface area contributed by atoms with E-state index in [1.807, 2.05) is 20.8 Å². The highest BCUT2D eigenvalue weighted by Gasteiger charge is 2.30. The summed E-state index contributed by atoms with van der Waals surface area (Å²) in [4.78, 5) is 10.9. The van der Waals surface area contributed by atoms with Gasteiger partial charge in [-0.15, -0.1) is 0 Å². The minimum absolute atomic E-state index is 0.125. The fraction of sp³-hybridized carbons (Fsp3) is 0.900. The molecule has 13 heavy (non-hydrogen) atoms. The van der Waals surface area contributed by atoms with Crippen LogP contribution in [0.4, 0.5) is 0 Å². The highest BCUT2D eigenvalue weighted by atomic mass is 32.2. The van der Waals surface area contributed by atoms with Gasteiger partial charge in [-0.05, 0) is 23.3 Å². The van der Waals surface area contributed by atoms with E-state index in [0.29, 0.717) is 0 Å². The fourth-order valence-electron chi connectivity index (χ4n) is 1.27. The molecule has 3 heteroatoms. The lowest BCUT2D eigenvalue weighted by atomic mass is 9.79. The van der Waals surface area contributed by atoms with Crippen LogP contribution < -0.4 is 0 Å². The molecule has 1 unspecified atom stereocenters. The third-order valence-corrected chi connectivity index (χ3v) is 3.03. The van der Waals surface area contributed by atoms with E-state index in [4.69, 9.17) is 5.11 Å². The number of carbonyl (C=O) groups is 1. The van der Waals surface area contributed by atoms with Gasteiger partial charge in [0.05, 0.1) is 5.92 Å². The second-order valence-electron chi connectivity index (χ2n) is 4.24. The number of rotatable bonds is 5. The summed E-state index contributed by atoms with van der Waals surface area (Å²) >= 11 is 1.81. The monoisotopic (exact) mass is 204 g/mol. The maximum Gasteiger partial charge on any atom is 0.307 e. The molecular weight excluding hydrogens is 184 g/mol. The normalized spacial score (nSPS) is 14.2. The standard InChI is InChI=1S/C10H20O2S/c1-5-13-7-6-8(9(11)12)10(2,3)4/h8H,5-7H2,1-4H3,(H,11,12). The number of aliphatic carboxylic acids is 1. The summed E-state index contributed by atoms with van der Waals surface area (Å²) in [6, 6.07) is 0. The quantitative estimate of drug-likeness (QED) is 0.700. The molecule has 0 aliphatic carbocycles. The summed E-state index contributed by atoms with van der Waals surface area (Å²) in [5, 5.41) is 9.00. The average molecular weight is 204 g/mol. The highest BCUT2D eigenvalue weighted by molar-refractivity contribution is 7.99. The number of hydrogen-bond donors (Lipinski definition) is 1. The average Bonchev–Trinajstić information content (AvgIpc) is 1.94. The van der Waals surface area contributed by atoms with Crippen molar-refractivity contribution in [3.8, 4) is 0 Å². The summed E-state index contributed by atoms with van der Waals surface area (Å²) < 4.78 is 0. The molecule has 2 nitrogen and oxygen atoms in total. The van der Waals surface area contributed by atoms with Crippen LogP contribution in [0.2, 0.25) is 0 Å². The topological polar surface area (TPSA) is 37.3 Å². The Morgan fingerprint density at radius 2 is 2.00 bits per heavy atom. The third kappa shape index (κ3) is 5.19. The molecule has 0 bridgehead atoms. The summed E-state index contributed by atoms with van der Waals surface area (Å²) in [5.74, 6) is 1.14. The molecule has 0 aliphatic heterocycles. The Morgan fingerprint density at radius 1 is 1.46 bits per heavy atom. The van der Waals surface area contributed by atoms with Crippen LogP contribution in [0, 0.1) is 11.3 Å². The van der Waals surface area contributed by atoms with Crippen molar-refractivity contribution in [1.29, 1.82) is 0 Å². The highest BCUT2D eigenvalue weighted by Crippen LogP contribution is 2.29. The van der Waals surface area contributed by atoms with E-state index in [2.05, 4.69) is 6.92 Å². The molecule has 0 radical (unpaired) electrons. The molecule has 0 aromatic rings. The van der Waals surface area contributed by atoms with Crippen molar-refractivity contribution in [1.82, 2.24) is 0 Å². The molecule has 0 heterocycles. The second kappa shape index (κ2) is 5.53. The molecule has 0 amide bonds. The first kappa shape index (κ1) is 12.8. The van der Waals surface area contributed by atoms with Gasteiger partial charge >= 0.3 is 5.97 Å². The molecule has 0 fully saturated rings. The van der Waals surface area contributed by atoms with Crippen molar-refractivity contribution in [3.05, 3.63) is 0 Å². The maximum atomic E-state index is 10.9. The predicted molar refractivity (Wildman–Crippen MR) is 58.2 cm³/mol. The molecule has 0 rings (SSSR count). The van der Waals surface area contributed by atoms with Crippen LogP contribution in [-0.4, -0.2) is 22.6 Å². The SMILES string of the molecule is CCSCCC(C(=O)O)C(C)(C)C. The minimum Gasteiger partial charge on any atom is -0.481 e. The molecule has 0 saturated carbocycles.